The summed E-state index contributed by atoms with van der Waals surface area (Å²) >= 11 is 0. The van der Waals surface area contributed by atoms with Gasteiger partial charge in [-0.05, 0) is 96.2 Å². The van der Waals surface area contributed by atoms with Crippen LogP contribution in [0, 0.1) is 0 Å². The summed E-state index contributed by atoms with van der Waals surface area (Å²) in [7, 11) is 0. The van der Waals surface area contributed by atoms with E-state index in [2.05, 4.69) is 139 Å². The van der Waals surface area contributed by atoms with E-state index >= 15 is 0 Å². The van der Waals surface area contributed by atoms with Crippen LogP contribution in [-0.4, -0.2) is 4.98 Å². The topological polar surface area (TPSA) is 12.9 Å². The van der Waals surface area contributed by atoms with Gasteiger partial charge in [-0.3, -0.25) is 4.98 Å². The first kappa shape index (κ1) is 24.1. The van der Waals surface area contributed by atoms with Crippen LogP contribution < -0.4 is 0 Å². The second-order valence-corrected chi connectivity index (χ2v) is 10.4. The van der Waals surface area contributed by atoms with E-state index in [1.807, 2.05) is 18.5 Å². The molecule has 0 fully saturated rings. The molecule has 0 unspecified atom stereocenters. The number of benzene rings is 6. The Kier molecular flexibility index (Phi) is 6.18. The SMILES string of the molecule is CCc1cc(-c2ccc(-c3cccnc3)cc2)cc(-c2ccc(-c3cc4ccccc4c4ccccc34)cc2)c1. The van der Waals surface area contributed by atoms with E-state index in [0.29, 0.717) is 0 Å². The minimum atomic E-state index is 0.996. The fourth-order valence-corrected chi connectivity index (χ4v) is 5.75. The number of aromatic nitrogens is 1. The van der Waals surface area contributed by atoms with Crippen molar-refractivity contribution in [2.24, 2.45) is 0 Å². The Bertz CT molecular complexity index is 1950. The van der Waals surface area contributed by atoms with Crippen LogP contribution in [0.25, 0.3) is 66.1 Å². The highest BCUT2D eigenvalue weighted by Gasteiger charge is 2.10. The summed E-state index contributed by atoms with van der Waals surface area (Å²) in [5.41, 5.74) is 11.1. The Morgan fingerprint density at radius 3 is 1.65 bits per heavy atom. The molecule has 0 spiro atoms. The molecule has 0 amide bonds. The van der Waals surface area contributed by atoms with Gasteiger partial charge in [0.2, 0.25) is 0 Å². The summed E-state index contributed by atoms with van der Waals surface area (Å²) in [4.78, 5) is 4.26. The number of hydrogen-bond donors (Lipinski definition) is 0. The van der Waals surface area contributed by atoms with E-state index in [1.54, 1.807) is 0 Å². The van der Waals surface area contributed by atoms with Crippen molar-refractivity contribution >= 4 is 21.5 Å². The van der Waals surface area contributed by atoms with E-state index < -0.39 is 0 Å². The molecule has 0 bridgehead atoms. The smallest absolute Gasteiger partial charge is 0.0346 e. The molecule has 0 aliphatic rings. The molecule has 0 aliphatic carbocycles. The zero-order chi connectivity index (χ0) is 26.9. The number of hydrogen-bond acceptors (Lipinski definition) is 1. The zero-order valence-electron chi connectivity index (χ0n) is 22.5. The number of nitrogens with zero attached hydrogens (tertiary/aromatic N) is 1. The van der Waals surface area contributed by atoms with Crippen LogP contribution in [0.5, 0.6) is 0 Å². The standard InChI is InChI=1S/C39H29N/c1-2-27-22-34(29-15-13-28(14-16-29)33-9-7-21-40-26-33)24-35(23-27)30-17-19-31(20-18-30)39-25-32-8-3-4-10-36(32)37-11-5-6-12-38(37)39/h3-26H,2H2,1H3. The third kappa shape index (κ3) is 4.46. The Hall–Kier alpha value is -5.01. The lowest BCUT2D eigenvalue weighted by atomic mass is 9.91. The lowest BCUT2D eigenvalue weighted by Crippen LogP contribution is -1.89. The van der Waals surface area contributed by atoms with E-state index in [9.17, 15) is 0 Å². The van der Waals surface area contributed by atoms with Gasteiger partial charge in [0.15, 0.2) is 0 Å². The molecule has 7 aromatic rings. The monoisotopic (exact) mass is 511 g/mol. The van der Waals surface area contributed by atoms with Crippen LogP contribution in [0.3, 0.4) is 0 Å². The van der Waals surface area contributed by atoms with Crippen molar-refractivity contribution in [1.29, 1.82) is 0 Å². The molecule has 0 N–H and O–H groups in total. The average Bonchev–Trinajstić information content (AvgIpc) is 3.05. The van der Waals surface area contributed by atoms with Gasteiger partial charge < -0.3 is 0 Å². The minimum absolute atomic E-state index is 0.996. The minimum Gasteiger partial charge on any atom is -0.264 e. The molecular formula is C39H29N. The second-order valence-electron chi connectivity index (χ2n) is 10.4. The molecule has 0 aliphatic heterocycles. The molecule has 40 heavy (non-hydrogen) atoms. The van der Waals surface area contributed by atoms with Gasteiger partial charge >= 0.3 is 0 Å². The molecular weight excluding hydrogens is 482 g/mol. The molecule has 1 nitrogen and oxygen atoms in total. The van der Waals surface area contributed by atoms with Crippen molar-refractivity contribution in [1.82, 2.24) is 4.98 Å². The van der Waals surface area contributed by atoms with Crippen molar-refractivity contribution in [3.63, 3.8) is 0 Å². The Morgan fingerprint density at radius 2 is 1.02 bits per heavy atom. The fraction of sp³-hybridized carbons (Fsp3) is 0.0513. The van der Waals surface area contributed by atoms with E-state index in [4.69, 9.17) is 0 Å². The largest absolute Gasteiger partial charge is 0.264 e. The van der Waals surface area contributed by atoms with Crippen LogP contribution in [0.2, 0.25) is 0 Å². The first-order valence-electron chi connectivity index (χ1n) is 13.9. The van der Waals surface area contributed by atoms with E-state index in [1.165, 1.54) is 66.1 Å². The van der Waals surface area contributed by atoms with Crippen LogP contribution in [-0.2, 0) is 6.42 Å². The van der Waals surface area contributed by atoms with Crippen molar-refractivity contribution in [3.8, 4) is 44.5 Å². The summed E-state index contributed by atoms with van der Waals surface area (Å²) in [6.07, 6.45) is 4.72. The first-order chi connectivity index (χ1) is 19.8. The molecule has 0 saturated carbocycles. The molecule has 1 aromatic heterocycles. The van der Waals surface area contributed by atoms with Crippen LogP contribution in [0.4, 0.5) is 0 Å². The molecule has 190 valence electrons. The van der Waals surface area contributed by atoms with Gasteiger partial charge in [0.25, 0.3) is 0 Å². The summed E-state index contributed by atoms with van der Waals surface area (Å²) in [5, 5.41) is 5.17. The van der Waals surface area contributed by atoms with Gasteiger partial charge in [-0.2, -0.15) is 0 Å². The molecule has 0 radical (unpaired) electrons. The van der Waals surface area contributed by atoms with Gasteiger partial charge in [0, 0.05) is 12.4 Å². The summed E-state index contributed by atoms with van der Waals surface area (Å²) in [6.45, 7) is 2.22. The third-order valence-corrected chi connectivity index (χ3v) is 7.91. The van der Waals surface area contributed by atoms with Crippen molar-refractivity contribution in [2.75, 3.05) is 0 Å². The highest BCUT2D eigenvalue weighted by atomic mass is 14.6. The Labute approximate surface area is 235 Å². The van der Waals surface area contributed by atoms with Crippen molar-refractivity contribution in [2.45, 2.75) is 13.3 Å². The van der Waals surface area contributed by atoms with Crippen molar-refractivity contribution < 1.29 is 0 Å². The first-order valence-corrected chi connectivity index (χ1v) is 13.9. The normalized spacial score (nSPS) is 11.2. The summed E-state index contributed by atoms with van der Waals surface area (Å²) in [5.74, 6) is 0. The predicted molar refractivity (Wildman–Crippen MR) is 170 cm³/mol. The predicted octanol–water partition coefficient (Wildman–Crippen LogP) is 10.6. The number of rotatable bonds is 5. The maximum absolute atomic E-state index is 4.26. The van der Waals surface area contributed by atoms with Gasteiger partial charge in [-0.1, -0.05) is 122 Å². The molecule has 1 heteroatoms. The van der Waals surface area contributed by atoms with Gasteiger partial charge in [0.05, 0.1) is 0 Å². The average molecular weight is 512 g/mol. The van der Waals surface area contributed by atoms with Crippen LogP contribution in [0.1, 0.15) is 12.5 Å². The van der Waals surface area contributed by atoms with Crippen LogP contribution >= 0.6 is 0 Å². The van der Waals surface area contributed by atoms with E-state index in [0.717, 1.165) is 12.0 Å². The Morgan fingerprint density at radius 1 is 0.450 bits per heavy atom. The highest BCUT2D eigenvalue weighted by Crippen LogP contribution is 2.36. The maximum Gasteiger partial charge on any atom is 0.0346 e. The van der Waals surface area contributed by atoms with Gasteiger partial charge in [-0.15, -0.1) is 0 Å². The number of fused-ring (bicyclic) bond motifs is 3. The summed E-state index contributed by atoms with van der Waals surface area (Å²) < 4.78 is 0. The number of pyridine rings is 1. The number of aryl methyl sites for hydroxylation is 1. The summed E-state index contributed by atoms with van der Waals surface area (Å²) in [6, 6.07) is 48.7. The van der Waals surface area contributed by atoms with E-state index in [-0.39, 0.29) is 0 Å². The van der Waals surface area contributed by atoms with Crippen molar-refractivity contribution in [3.05, 3.63) is 151 Å². The van der Waals surface area contributed by atoms with Gasteiger partial charge in [-0.25, -0.2) is 0 Å². The molecule has 0 saturated heterocycles. The lowest BCUT2D eigenvalue weighted by Gasteiger charge is -2.13. The molecule has 7 rings (SSSR count). The van der Waals surface area contributed by atoms with Crippen LogP contribution in [0.15, 0.2) is 146 Å². The third-order valence-electron chi connectivity index (χ3n) is 7.91. The highest BCUT2D eigenvalue weighted by molar-refractivity contribution is 6.13. The molecule has 1 heterocycles. The van der Waals surface area contributed by atoms with Gasteiger partial charge in [0.1, 0.15) is 0 Å². The molecule has 6 aromatic carbocycles. The lowest BCUT2D eigenvalue weighted by molar-refractivity contribution is 1.14. The molecule has 0 atom stereocenters. The second kappa shape index (κ2) is 10.3. The maximum atomic E-state index is 4.26. The Balaban J connectivity index is 1.26. The quantitative estimate of drug-likeness (QED) is 0.209. The zero-order valence-corrected chi connectivity index (χ0v) is 22.5. The fourth-order valence-electron chi connectivity index (χ4n) is 5.75.